The van der Waals surface area contributed by atoms with E-state index >= 15 is 0 Å². The summed E-state index contributed by atoms with van der Waals surface area (Å²) in [6, 6.07) is 17.7. The molecule has 3 aliphatic rings. The highest BCUT2D eigenvalue weighted by molar-refractivity contribution is 8.03. The molecular weight excluding hydrogens is 440 g/mol. The largest absolute Gasteiger partial charge is 0.335 e. The van der Waals surface area contributed by atoms with E-state index in [4.69, 9.17) is 0 Å². The molecule has 0 unspecified atom stereocenters. The maximum Gasteiger partial charge on any atom is 0.266 e. The Morgan fingerprint density at radius 2 is 1.88 bits per heavy atom. The molecule has 2 aliphatic heterocycles. The standard InChI is InChI=1S/C29H31N2S2/c1-4-30-23-11-5-7-13-25(23)32-27(30)17-20-16-21(19-29(2,3)18-20)22-10-9-15-31-24-12-6-8-14-26(24)33-28(22)31/h5-8,11-14,16-17H,4,9-10,15,18-19H2,1-3H3/q+1. The summed E-state index contributed by atoms with van der Waals surface area (Å²) in [5.41, 5.74) is 7.64. The van der Waals surface area contributed by atoms with Gasteiger partial charge < -0.3 is 4.90 Å². The second-order valence-electron chi connectivity index (χ2n) is 10.2. The minimum atomic E-state index is 0.273. The summed E-state index contributed by atoms with van der Waals surface area (Å²) in [7, 11) is 0. The summed E-state index contributed by atoms with van der Waals surface area (Å²) < 4.78 is 3.98. The third kappa shape index (κ3) is 3.77. The highest BCUT2D eigenvalue weighted by Gasteiger charge is 2.33. The number of benzene rings is 2. The lowest BCUT2D eigenvalue weighted by atomic mass is 9.73. The zero-order chi connectivity index (χ0) is 22.6. The Bertz CT molecular complexity index is 1340. The normalized spacial score (nSPS) is 23.1. The van der Waals surface area contributed by atoms with Gasteiger partial charge in [0.05, 0.1) is 10.7 Å². The van der Waals surface area contributed by atoms with Crippen LogP contribution in [0.15, 0.2) is 81.8 Å². The lowest BCUT2D eigenvalue weighted by molar-refractivity contribution is -0.672. The molecule has 3 aromatic rings. The molecule has 2 aromatic carbocycles. The molecule has 1 aliphatic carbocycles. The molecule has 0 amide bonds. The van der Waals surface area contributed by atoms with Crippen molar-refractivity contribution < 1.29 is 4.57 Å². The number of allylic oxidation sites excluding steroid dienone is 5. The molecule has 0 spiro atoms. The van der Waals surface area contributed by atoms with Gasteiger partial charge in [0.25, 0.3) is 5.01 Å². The van der Waals surface area contributed by atoms with Gasteiger partial charge in [-0.15, -0.1) is 0 Å². The molecule has 0 N–H and O–H groups in total. The predicted octanol–water partition coefficient (Wildman–Crippen LogP) is 7.96. The lowest BCUT2D eigenvalue weighted by Crippen LogP contribution is -2.39. The molecule has 4 heteroatoms. The Morgan fingerprint density at radius 3 is 2.76 bits per heavy atom. The number of fused-ring (bicyclic) bond motifs is 4. The number of aryl methyl sites for hydroxylation is 1. The first-order chi connectivity index (χ1) is 16.0. The Hall–Kier alpha value is -2.30. The van der Waals surface area contributed by atoms with E-state index in [0.29, 0.717) is 0 Å². The number of thioether (sulfide) groups is 1. The van der Waals surface area contributed by atoms with Gasteiger partial charge in [0.15, 0.2) is 6.54 Å². The molecule has 168 valence electrons. The number of aromatic nitrogens is 1. The molecule has 6 rings (SSSR count). The van der Waals surface area contributed by atoms with Crippen LogP contribution < -0.4 is 9.47 Å². The summed E-state index contributed by atoms with van der Waals surface area (Å²) in [6.07, 6.45) is 9.72. The zero-order valence-electron chi connectivity index (χ0n) is 19.7. The smallest absolute Gasteiger partial charge is 0.266 e. The first kappa shape index (κ1) is 21.2. The van der Waals surface area contributed by atoms with E-state index in [2.05, 4.69) is 90.9 Å². The highest BCUT2D eigenvalue weighted by atomic mass is 32.2. The fourth-order valence-corrected chi connectivity index (χ4v) is 8.19. The fraction of sp³-hybridized carbons (Fsp3) is 0.345. The van der Waals surface area contributed by atoms with Crippen molar-refractivity contribution in [1.29, 1.82) is 0 Å². The Morgan fingerprint density at radius 1 is 1.06 bits per heavy atom. The van der Waals surface area contributed by atoms with Crippen LogP contribution >= 0.6 is 23.1 Å². The Labute approximate surface area is 205 Å². The van der Waals surface area contributed by atoms with Crippen molar-refractivity contribution in [2.75, 3.05) is 11.4 Å². The minimum absolute atomic E-state index is 0.273. The van der Waals surface area contributed by atoms with Gasteiger partial charge in [-0.1, -0.05) is 67.3 Å². The molecule has 3 heterocycles. The van der Waals surface area contributed by atoms with Gasteiger partial charge in [0.2, 0.25) is 5.52 Å². The minimum Gasteiger partial charge on any atom is -0.335 e. The number of thiazole rings is 1. The molecule has 2 nitrogen and oxygen atoms in total. The van der Waals surface area contributed by atoms with Gasteiger partial charge in [-0.25, -0.2) is 0 Å². The molecule has 0 radical (unpaired) electrons. The number of anilines is 1. The Balaban J connectivity index is 1.45. The van der Waals surface area contributed by atoms with Crippen LogP contribution in [0, 0.1) is 5.41 Å². The van der Waals surface area contributed by atoms with Crippen LogP contribution in [-0.2, 0) is 6.54 Å². The summed E-state index contributed by atoms with van der Waals surface area (Å²) in [5, 5.41) is 2.85. The van der Waals surface area contributed by atoms with Gasteiger partial charge in [0.1, 0.15) is 4.70 Å². The maximum atomic E-state index is 2.57. The predicted molar refractivity (Wildman–Crippen MR) is 143 cm³/mol. The molecule has 33 heavy (non-hydrogen) atoms. The van der Waals surface area contributed by atoms with Crippen molar-refractivity contribution in [2.45, 2.75) is 57.9 Å². The number of hydrogen-bond acceptors (Lipinski definition) is 3. The number of nitrogens with zero attached hydrogens (tertiary/aromatic N) is 2. The average Bonchev–Trinajstić information content (AvgIpc) is 3.35. The van der Waals surface area contributed by atoms with Crippen LogP contribution in [0.5, 0.6) is 0 Å². The maximum absolute atomic E-state index is 2.57. The van der Waals surface area contributed by atoms with Gasteiger partial charge in [-0.05, 0) is 67.0 Å². The molecule has 0 saturated carbocycles. The van der Waals surface area contributed by atoms with Crippen LogP contribution in [-0.4, -0.2) is 6.54 Å². The topological polar surface area (TPSA) is 7.12 Å². The van der Waals surface area contributed by atoms with Crippen molar-refractivity contribution in [1.82, 2.24) is 0 Å². The van der Waals surface area contributed by atoms with E-state index in [1.54, 1.807) is 11.1 Å². The zero-order valence-corrected chi connectivity index (χ0v) is 21.4. The summed E-state index contributed by atoms with van der Waals surface area (Å²) in [6.45, 7) is 9.28. The molecule has 0 fully saturated rings. The quantitative estimate of drug-likeness (QED) is 0.350. The van der Waals surface area contributed by atoms with E-state index in [1.165, 1.54) is 49.3 Å². The van der Waals surface area contributed by atoms with Crippen LogP contribution in [0.2, 0.25) is 0 Å². The van der Waals surface area contributed by atoms with E-state index in [1.807, 2.05) is 23.1 Å². The molecule has 0 saturated heterocycles. The van der Waals surface area contributed by atoms with Crippen LogP contribution in [0.4, 0.5) is 5.69 Å². The van der Waals surface area contributed by atoms with Crippen molar-refractivity contribution in [3.8, 4) is 0 Å². The molecule has 0 atom stereocenters. The van der Waals surface area contributed by atoms with Crippen molar-refractivity contribution in [2.24, 2.45) is 5.41 Å². The van der Waals surface area contributed by atoms with Gasteiger partial charge in [-0.3, -0.25) is 0 Å². The van der Waals surface area contributed by atoms with Crippen molar-refractivity contribution >= 4 is 44.6 Å². The first-order valence-corrected chi connectivity index (χ1v) is 13.8. The number of para-hydroxylation sites is 2. The van der Waals surface area contributed by atoms with Gasteiger partial charge in [0, 0.05) is 29.5 Å². The van der Waals surface area contributed by atoms with Crippen molar-refractivity contribution in [3.63, 3.8) is 0 Å². The summed E-state index contributed by atoms with van der Waals surface area (Å²) in [4.78, 5) is 3.84. The van der Waals surface area contributed by atoms with E-state index in [-0.39, 0.29) is 5.41 Å². The SMILES string of the molecule is CCN1C(=CC2=CC(=C3CCC[n+]4c3sc3ccccc34)CC(C)(C)C2)Sc2ccccc21. The third-order valence-electron chi connectivity index (χ3n) is 7.04. The van der Waals surface area contributed by atoms with Crippen molar-refractivity contribution in [3.05, 3.63) is 81.9 Å². The molecular formula is C29H31N2S2+. The van der Waals surface area contributed by atoms with E-state index in [9.17, 15) is 0 Å². The lowest BCUT2D eigenvalue weighted by Gasteiger charge is -2.32. The van der Waals surface area contributed by atoms with Crippen LogP contribution in [0.1, 0.15) is 51.5 Å². The van der Waals surface area contributed by atoms with Crippen LogP contribution in [0.25, 0.3) is 15.8 Å². The van der Waals surface area contributed by atoms with E-state index in [0.717, 1.165) is 25.9 Å². The van der Waals surface area contributed by atoms with Crippen LogP contribution in [0.3, 0.4) is 0 Å². The molecule has 1 aromatic heterocycles. The molecule has 0 bridgehead atoms. The third-order valence-corrected chi connectivity index (χ3v) is 9.37. The Kier molecular flexibility index (Phi) is 5.26. The highest BCUT2D eigenvalue weighted by Crippen LogP contribution is 2.48. The average molecular weight is 472 g/mol. The second-order valence-corrected chi connectivity index (χ2v) is 12.3. The number of hydrogen-bond donors (Lipinski definition) is 0. The monoisotopic (exact) mass is 471 g/mol. The summed E-state index contributed by atoms with van der Waals surface area (Å²) in [5.74, 6) is 0. The van der Waals surface area contributed by atoms with Gasteiger partial charge in [-0.2, -0.15) is 4.57 Å². The van der Waals surface area contributed by atoms with E-state index < -0.39 is 0 Å². The fourth-order valence-electron chi connectivity index (χ4n) is 5.69. The first-order valence-electron chi connectivity index (χ1n) is 12.1. The second kappa shape index (κ2) is 8.18. The summed E-state index contributed by atoms with van der Waals surface area (Å²) >= 11 is 3.90. The number of rotatable bonds is 2. The van der Waals surface area contributed by atoms with Gasteiger partial charge >= 0.3 is 0 Å².